The monoisotopic (exact) mass is 186 g/mol. The van der Waals surface area contributed by atoms with E-state index in [2.05, 4.69) is 4.74 Å². The van der Waals surface area contributed by atoms with Gasteiger partial charge in [-0.15, -0.1) is 0 Å². The number of carbonyl (C=O) groups excluding carboxylic acids is 2. The Morgan fingerprint density at radius 1 is 1.46 bits per heavy atom. The average molecular weight is 186 g/mol. The number of hydrogen-bond acceptors (Lipinski definition) is 4. The van der Waals surface area contributed by atoms with Crippen LogP contribution >= 0.6 is 0 Å². The molecule has 1 aliphatic heterocycles. The van der Waals surface area contributed by atoms with Crippen LogP contribution in [0.15, 0.2) is 0 Å². The standard InChI is InChI=1S/C9H14O4/c1-3-7(12-2)6-4-8(10)13-9(11)5-6/h6-7H,3-5H2,1-2H3. The Labute approximate surface area is 77.2 Å². The van der Waals surface area contributed by atoms with Crippen LogP contribution in [0.25, 0.3) is 0 Å². The van der Waals surface area contributed by atoms with Crippen molar-refractivity contribution in [1.29, 1.82) is 0 Å². The van der Waals surface area contributed by atoms with Gasteiger partial charge in [-0.05, 0) is 6.42 Å². The van der Waals surface area contributed by atoms with Gasteiger partial charge >= 0.3 is 11.9 Å². The van der Waals surface area contributed by atoms with Crippen molar-refractivity contribution in [3.05, 3.63) is 0 Å². The lowest BCUT2D eigenvalue weighted by Crippen LogP contribution is -2.33. The van der Waals surface area contributed by atoms with E-state index >= 15 is 0 Å². The van der Waals surface area contributed by atoms with Gasteiger partial charge in [-0.2, -0.15) is 0 Å². The summed E-state index contributed by atoms with van der Waals surface area (Å²) in [4.78, 5) is 21.8. The molecule has 13 heavy (non-hydrogen) atoms. The molecular formula is C9H14O4. The molecule has 1 saturated heterocycles. The highest BCUT2D eigenvalue weighted by Crippen LogP contribution is 2.24. The summed E-state index contributed by atoms with van der Waals surface area (Å²) in [5.41, 5.74) is 0. The molecule has 0 aliphatic carbocycles. The van der Waals surface area contributed by atoms with Crippen molar-refractivity contribution in [1.82, 2.24) is 0 Å². The van der Waals surface area contributed by atoms with Crippen molar-refractivity contribution >= 4 is 11.9 Å². The van der Waals surface area contributed by atoms with Gasteiger partial charge in [0.15, 0.2) is 0 Å². The third kappa shape index (κ3) is 2.52. The largest absolute Gasteiger partial charge is 0.393 e. The Balaban J connectivity index is 2.58. The van der Waals surface area contributed by atoms with Crippen molar-refractivity contribution in [2.24, 2.45) is 5.92 Å². The molecule has 0 bridgehead atoms. The summed E-state index contributed by atoms with van der Waals surface area (Å²) in [6.45, 7) is 1.97. The minimum absolute atomic E-state index is 0.0104. The molecule has 1 unspecified atom stereocenters. The second-order valence-corrected chi connectivity index (χ2v) is 3.20. The lowest BCUT2D eigenvalue weighted by molar-refractivity contribution is -0.168. The minimum Gasteiger partial charge on any atom is -0.393 e. The molecule has 0 saturated carbocycles. The molecule has 1 heterocycles. The van der Waals surface area contributed by atoms with Gasteiger partial charge in [0.05, 0.1) is 18.9 Å². The van der Waals surface area contributed by atoms with Gasteiger partial charge in [0.25, 0.3) is 0 Å². The maximum atomic E-state index is 10.9. The molecule has 0 aromatic carbocycles. The number of rotatable bonds is 3. The van der Waals surface area contributed by atoms with Crippen LogP contribution in [-0.4, -0.2) is 25.2 Å². The third-order valence-corrected chi connectivity index (χ3v) is 2.32. The van der Waals surface area contributed by atoms with Crippen LogP contribution in [0, 0.1) is 5.92 Å². The molecule has 4 nitrogen and oxygen atoms in total. The van der Waals surface area contributed by atoms with E-state index in [4.69, 9.17) is 4.74 Å². The molecule has 1 atom stereocenters. The van der Waals surface area contributed by atoms with E-state index in [0.717, 1.165) is 6.42 Å². The molecule has 0 amide bonds. The fourth-order valence-electron chi connectivity index (χ4n) is 1.67. The normalized spacial score (nSPS) is 21.4. The zero-order chi connectivity index (χ0) is 9.84. The molecule has 0 aromatic heterocycles. The number of esters is 2. The lowest BCUT2D eigenvalue weighted by Gasteiger charge is -2.26. The van der Waals surface area contributed by atoms with Crippen LogP contribution in [0.1, 0.15) is 26.2 Å². The average Bonchev–Trinajstić information content (AvgIpc) is 2.04. The van der Waals surface area contributed by atoms with Gasteiger partial charge in [-0.25, -0.2) is 0 Å². The molecule has 4 heteroatoms. The third-order valence-electron chi connectivity index (χ3n) is 2.32. The van der Waals surface area contributed by atoms with Gasteiger partial charge in [0.1, 0.15) is 0 Å². The summed E-state index contributed by atoms with van der Waals surface area (Å²) in [6.07, 6.45) is 1.37. The van der Waals surface area contributed by atoms with Crippen LogP contribution in [0.2, 0.25) is 0 Å². The first kappa shape index (κ1) is 10.2. The number of carbonyl (C=O) groups is 2. The van der Waals surface area contributed by atoms with Crippen molar-refractivity contribution < 1.29 is 19.1 Å². The Hall–Kier alpha value is -0.900. The van der Waals surface area contributed by atoms with E-state index in [1.54, 1.807) is 7.11 Å². The SMILES string of the molecule is CCC(OC)C1CC(=O)OC(=O)C1. The van der Waals surface area contributed by atoms with Crippen molar-refractivity contribution in [2.75, 3.05) is 7.11 Å². The molecule has 74 valence electrons. The summed E-state index contributed by atoms with van der Waals surface area (Å²) in [5, 5.41) is 0. The topological polar surface area (TPSA) is 52.6 Å². The Morgan fingerprint density at radius 3 is 2.38 bits per heavy atom. The van der Waals surface area contributed by atoms with E-state index < -0.39 is 11.9 Å². The fraction of sp³-hybridized carbons (Fsp3) is 0.778. The first-order chi connectivity index (χ1) is 6.17. The molecule has 0 aromatic rings. The van der Waals surface area contributed by atoms with E-state index in [-0.39, 0.29) is 24.9 Å². The van der Waals surface area contributed by atoms with Gasteiger partial charge in [-0.1, -0.05) is 6.92 Å². The van der Waals surface area contributed by atoms with Crippen molar-refractivity contribution in [3.8, 4) is 0 Å². The summed E-state index contributed by atoms with van der Waals surface area (Å²) in [5.74, 6) is -0.878. The van der Waals surface area contributed by atoms with E-state index in [9.17, 15) is 9.59 Å². The highest BCUT2D eigenvalue weighted by atomic mass is 16.6. The summed E-state index contributed by atoms with van der Waals surface area (Å²) < 4.78 is 9.60. The molecular weight excluding hydrogens is 172 g/mol. The predicted molar refractivity (Wildman–Crippen MR) is 44.9 cm³/mol. The highest BCUT2D eigenvalue weighted by molar-refractivity contribution is 5.88. The van der Waals surface area contributed by atoms with Crippen LogP contribution in [0.5, 0.6) is 0 Å². The second-order valence-electron chi connectivity index (χ2n) is 3.20. The summed E-state index contributed by atoms with van der Waals surface area (Å²) in [6, 6.07) is 0. The number of cyclic esters (lactones) is 2. The first-order valence-electron chi connectivity index (χ1n) is 4.43. The van der Waals surface area contributed by atoms with Gasteiger partial charge < -0.3 is 9.47 Å². The Bertz CT molecular complexity index is 192. The van der Waals surface area contributed by atoms with E-state index in [0.29, 0.717) is 0 Å². The summed E-state index contributed by atoms with van der Waals surface area (Å²) >= 11 is 0. The fourth-order valence-corrected chi connectivity index (χ4v) is 1.67. The lowest BCUT2D eigenvalue weighted by atomic mass is 9.91. The number of hydrogen-bond donors (Lipinski definition) is 0. The maximum Gasteiger partial charge on any atom is 0.313 e. The Kier molecular flexibility index (Phi) is 3.42. The molecule has 1 rings (SSSR count). The maximum absolute atomic E-state index is 10.9. The van der Waals surface area contributed by atoms with Crippen LogP contribution in [-0.2, 0) is 19.1 Å². The number of ether oxygens (including phenoxy) is 2. The molecule has 0 radical (unpaired) electrons. The molecule has 0 spiro atoms. The molecule has 1 aliphatic rings. The molecule has 0 N–H and O–H groups in total. The first-order valence-corrected chi connectivity index (χ1v) is 4.43. The number of methoxy groups -OCH3 is 1. The summed E-state index contributed by atoms with van der Waals surface area (Å²) in [7, 11) is 1.60. The second kappa shape index (κ2) is 4.37. The van der Waals surface area contributed by atoms with Crippen molar-refractivity contribution in [3.63, 3.8) is 0 Å². The predicted octanol–water partition coefficient (Wildman–Crippen LogP) is 0.891. The molecule has 1 fully saturated rings. The van der Waals surface area contributed by atoms with E-state index in [1.807, 2.05) is 6.92 Å². The minimum atomic E-state index is -0.434. The zero-order valence-corrected chi connectivity index (χ0v) is 7.91. The smallest absolute Gasteiger partial charge is 0.313 e. The van der Waals surface area contributed by atoms with Crippen molar-refractivity contribution in [2.45, 2.75) is 32.3 Å². The van der Waals surface area contributed by atoms with Crippen LogP contribution in [0.4, 0.5) is 0 Å². The zero-order valence-electron chi connectivity index (χ0n) is 7.91. The van der Waals surface area contributed by atoms with Gasteiger partial charge in [0.2, 0.25) is 0 Å². The van der Waals surface area contributed by atoms with Gasteiger partial charge in [-0.3, -0.25) is 9.59 Å². The quantitative estimate of drug-likeness (QED) is 0.485. The van der Waals surface area contributed by atoms with E-state index in [1.165, 1.54) is 0 Å². The van der Waals surface area contributed by atoms with Crippen LogP contribution < -0.4 is 0 Å². The highest BCUT2D eigenvalue weighted by Gasteiger charge is 2.32. The Morgan fingerprint density at radius 2 is 2.00 bits per heavy atom. The van der Waals surface area contributed by atoms with Crippen LogP contribution in [0.3, 0.4) is 0 Å². The van der Waals surface area contributed by atoms with Gasteiger partial charge in [0, 0.05) is 13.0 Å².